The van der Waals surface area contributed by atoms with Crippen LogP contribution >= 0.6 is 11.6 Å². The van der Waals surface area contributed by atoms with Gasteiger partial charge in [0.15, 0.2) is 0 Å². The summed E-state index contributed by atoms with van der Waals surface area (Å²) in [6.07, 6.45) is -2.36. The summed E-state index contributed by atoms with van der Waals surface area (Å²) < 4.78 is 0. The molecular weight excluding hydrogens is 272 g/mol. The number of amides is 1. The summed E-state index contributed by atoms with van der Waals surface area (Å²) in [6, 6.07) is 2.68. The Kier molecular flexibility index (Phi) is 5.41. The highest BCUT2D eigenvalue weighted by Gasteiger charge is 2.22. The number of carbonyl (C=O) groups excluding carboxylic acids is 1. The topological polar surface area (TPSA) is 116 Å². The van der Waals surface area contributed by atoms with Gasteiger partial charge in [-0.3, -0.25) is 4.79 Å². The van der Waals surface area contributed by atoms with Crippen molar-refractivity contribution in [2.75, 3.05) is 12.3 Å². The molecule has 106 valence electrons. The number of benzene rings is 1. The molecule has 1 aromatic rings. The fourth-order valence-corrected chi connectivity index (χ4v) is 1.86. The van der Waals surface area contributed by atoms with E-state index >= 15 is 0 Å². The molecule has 19 heavy (non-hydrogen) atoms. The zero-order valence-electron chi connectivity index (χ0n) is 10.4. The zero-order valence-corrected chi connectivity index (χ0v) is 11.2. The molecule has 1 aromatic carbocycles. The van der Waals surface area contributed by atoms with E-state index in [2.05, 4.69) is 5.32 Å². The van der Waals surface area contributed by atoms with Crippen LogP contribution in [-0.2, 0) is 4.79 Å². The molecule has 0 radical (unpaired) electrons. The number of aliphatic hydroxyl groups is 2. The van der Waals surface area contributed by atoms with Crippen molar-refractivity contribution in [2.45, 2.75) is 25.6 Å². The number of anilines is 1. The minimum atomic E-state index is -1.34. The van der Waals surface area contributed by atoms with Gasteiger partial charge in [-0.25, -0.2) is 0 Å². The second kappa shape index (κ2) is 6.60. The minimum absolute atomic E-state index is 0.0237. The Morgan fingerprint density at radius 3 is 2.68 bits per heavy atom. The molecule has 0 bridgehead atoms. The van der Waals surface area contributed by atoms with E-state index in [9.17, 15) is 20.1 Å². The smallest absolute Gasteiger partial charge is 0.216 e. The Morgan fingerprint density at radius 2 is 2.11 bits per heavy atom. The highest BCUT2D eigenvalue weighted by atomic mass is 35.5. The van der Waals surface area contributed by atoms with Crippen molar-refractivity contribution in [1.82, 2.24) is 5.32 Å². The quantitative estimate of drug-likeness (QED) is 0.401. The van der Waals surface area contributed by atoms with E-state index in [0.717, 1.165) is 0 Å². The third-order valence-corrected chi connectivity index (χ3v) is 2.85. The van der Waals surface area contributed by atoms with Gasteiger partial charge in [-0.1, -0.05) is 11.6 Å². The molecular formula is C12H17ClN2O4. The lowest BCUT2D eigenvalue weighted by molar-refractivity contribution is -0.119. The highest BCUT2D eigenvalue weighted by Crippen LogP contribution is 2.35. The molecule has 0 aromatic heterocycles. The molecule has 2 atom stereocenters. The van der Waals surface area contributed by atoms with Crippen LogP contribution in [0, 0.1) is 0 Å². The maximum absolute atomic E-state index is 10.7. The molecule has 6 N–H and O–H groups in total. The van der Waals surface area contributed by atoms with Crippen LogP contribution in [0.25, 0.3) is 0 Å². The average Bonchev–Trinajstić information content (AvgIpc) is 2.32. The van der Waals surface area contributed by atoms with Crippen LogP contribution in [0.3, 0.4) is 0 Å². The first-order valence-corrected chi connectivity index (χ1v) is 6.09. The second-order valence-corrected chi connectivity index (χ2v) is 4.65. The van der Waals surface area contributed by atoms with Gasteiger partial charge in [0.1, 0.15) is 11.9 Å². The van der Waals surface area contributed by atoms with Crippen molar-refractivity contribution in [2.24, 2.45) is 0 Å². The molecule has 1 amide bonds. The molecule has 0 fully saturated rings. The van der Waals surface area contributed by atoms with Gasteiger partial charge in [0.25, 0.3) is 0 Å². The third-order valence-electron chi connectivity index (χ3n) is 2.63. The lowest BCUT2D eigenvalue weighted by Gasteiger charge is -2.20. The maximum atomic E-state index is 10.7. The predicted molar refractivity (Wildman–Crippen MR) is 71.8 cm³/mol. The van der Waals surface area contributed by atoms with Crippen molar-refractivity contribution < 1.29 is 20.1 Å². The molecule has 1 rings (SSSR count). The summed E-state index contributed by atoms with van der Waals surface area (Å²) in [6.45, 7) is 1.57. The summed E-state index contributed by atoms with van der Waals surface area (Å²) >= 11 is 5.78. The molecule has 0 heterocycles. The Balaban J connectivity index is 2.76. The van der Waals surface area contributed by atoms with Crippen LogP contribution in [0.2, 0.25) is 5.02 Å². The Labute approximate surface area is 115 Å². The summed E-state index contributed by atoms with van der Waals surface area (Å²) in [5, 5.41) is 32.2. The molecule has 0 saturated heterocycles. The molecule has 0 aliphatic carbocycles. The van der Waals surface area contributed by atoms with Gasteiger partial charge < -0.3 is 26.4 Å². The number of hydrogen-bond acceptors (Lipinski definition) is 5. The number of phenols is 1. The van der Waals surface area contributed by atoms with Crippen molar-refractivity contribution in [3.8, 4) is 5.75 Å². The number of aromatic hydroxyl groups is 1. The molecule has 2 unspecified atom stereocenters. The molecule has 0 aliphatic heterocycles. The van der Waals surface area contributed by atoms with Gasteiger partial charge in [-0.05, 0) is 18.6 Å². The zero-order chi connectivity index (χ0) is 14.6. The summed E-state index contributed by atoms with van der Waals surface area (Å²) in [5.41, 5.74) is 5.59. The largest absolute Gasteiger partial charge is 0.505 e. The molecule has 0 aliphatic rings. The first-order valence-electron chi connectivity index (χ1n) is 5.71. The normalized spacial score (nSPS) is 13.9. The SMILES string of the molecule is CC(=O)NCCC(O)C(O)c1cc(Cl)cc(N)c1O. The van der Waals surface area contributed by atoms with Crippen LogP contribution in [0.1, 0.15) is 25.0 Å². The Bertz CT molecular complexity index is 467. The number of phenolic OH excluding ortho intramolecular Hbond substituents is 1. The fraction of sp³-hybridized carbons (Fsp3) is 0.417. The van der Waals surface area contributed by atoms with E-state index in [0.29, 0.717) is 0 Å². The van der Waals surface area contributed by atoms with Crippen molar-refractivity contribution in [1.29, 1.82) is 0 Å². The Morgan fingerprint density at radius 1 is 1.47 bits per heavy atom. The molecule has 0 spiro atoms. The van der Waals surface area contributed by atoms with E-state index in [-0.39, 0.29) is 40.9 Å². The fourth-order valence-electron chi connectivity index (χ4n) is 1.63. The van der Waals surface area contributed by atoms with Crippen LogP contribution in [0.4, 0.5) is 5.69 Å². The van der Waals surface area contributed by atoms with Crippen molar-refractivity contribution in [3.63, 3.8) is 0 Å². The number of aliphatic hydroxyl groups excluding tert-OH is 2. The Hall–Kier alpha value is -1.50. The predicted octanol–water partition coefficient (Wildman–Crippen LogP) is 0.548. The van der Waals surface area contributed by atoms with E-state index in [1.165, 1.54) is 19.1 Å². The van der Waals surface area contributed by atoms with Gasteiger partial charge in [-0.15, -0.1) is 0 Å². The van der Waals surface area contributed by atoms with Crippen LogP contribution in [0.15, 0.2) is 12.1 Å². The number of hydrogen-bond donors (Lipinski definition) is 5. The lowest BCUT2D eigenvalue weighted by Crippen LogP contribution is -2.27. The monoisotopic (exact) mass is 288 g/mol. The number of nitrogens with two attached hydrogens (primary N) is 1. The van der Waals surface area contributed by atoms with Crippen LogP contribution in [-0.4, -0.2) is 33.9 Å². The van der Waals surface area contributed by atoms with E-state index < -0.39 is 12.2 Å². The summed E-state index contributed by atoms with van der Waals surface area (Å²) in [4.78, 5) is 10.7. The van der Waals surface area contributed by atoms with Gasteiger partial charge in [0, 0.05) is 24.1 Å². The van der Waals surface area contributed by atoms with Gasteiger partial charge in [-0.2, -0.15) is 0 Å². The van der Waals surface area contributed by atoms with E-state index in [1.54, 1.807) is 0 Å². The first kappa shape index (κ1) is 15.6. The van der Waals surface area contributed by atoms with Crippen molar-refractivity contribution >= 4 is 23.2 Å². The number of nitrogen functional groups attached to an aromatic ring is 1. The molecule has 6 nitrogen and oxygen atoms in total. The van der Waals surface area contributed by atoms with Crippen LogP contribution < -0.4 is 11.1 Å². The number of halogens is 1. The standard InChI is InChI=1S/C12H17ClN2O4/c1-6(16)15-3-2-10(17)12(19)8-4-7(13)5-9(14)11(8)18/h4-5,10,12,17-19H,2-3,14H2,1H3,(H,15,16). The summed E-state index contributed by atoms with van der Waals surface area (Å²) in [7, 11) is 0. The maximum Gasteiger partial charge on any atom is 0.216 e. The molecule has 7 heteroatoms. The van der Waals surface area contributed by atoms with E-state index in [1.807, 2.05) is 0 Å². The van der Waals surface area contributed by atoms with E-state index in [4.69, 9.17) is 17.3 Å². The third kappa shape index (κ3) is 4.27. The van der Waals surface area contributed by atoms with Crippen molar-refractivity contribution in [3.05, 3.63) is 22.7 Å². The summed E-state index contributed by atoms with van der Waals surface area (Å²) in [5.74, 6) is -0.535. The highest BCUT2D eigenvalue weighted by molar-refractivity contribution is 6.31. The van der Waals surface area contributed by atoms with Crippen LogP contribution in [0.5, 0.6) is 5.75 Å². The number of carbonyl (C=O) groups is 1. The average molecular weight is 289 g/mol. The van der Waals surface area contributed by atoms with Gasteiger partial charge in [0.05, 0.1) is 11.8 Å². The minimum Gasteiger partial charge on any atom is -0.505 e. The first-order chi connectivity index (χ1) is 8.82. The second-order valence-electron chi connectivity index (χ2n) is 4.22. The van der Waals surface area contributed by atoms with Gasteiger partial charge in [0.2, 0.25) is 5.91 Å². The van der Waals surface area contributed by atoms with Gasteiger partial charge >= 0.3 is 0 Å². The number of rotatable bonds is 5. The lowest BCUT2D eigenvalue weighted by atomic mass is 10.0. The number of nitrogens with one attached hydrogen (secondary N) is 1. The molecule has 0 saturated carbocycles.